The van der Waals surface area contributed by atoms with E-state index in [1.54, 1.807) is 0 Å². The van der Waals surface area contributed by atoms with Crippen molar-refractivity contribution in [1.82, 2.24) is 0 Å². The van der Waals surface area contributed by atoms with Gasteiger partial charge in [-0.15, -0.1) is 0 Å². The number of aryl methyl sites for hydroxylation is 1. The summed E-state index contributed by atoms with van der Waals surface area (Å²) in [6.45, 7) is 8.55. The smallest absolute Gasteiger partial charge is 0.271 e. The maximum absolute atomic E-state index is 13.2. The average molecular weight is 383 g/mol. The number of unbranched alkanes of at least 4 members (excludes halogenated alkanes) is 9. The second-order valence-electron chi connectivity index (χ2n) is 7.50. The van der Waals surface area contributed by atoms with Crippen molar-refractivity contribution in [3.63, 3.8) is 0 Å². The first-order valence-electron chi connectivity index (χ1n) is 10.5. The van der Waals surface area contributed by atoms with E-state index in [0.717, 1.165) is 18.4 Å². The third-order valence-corrected chi connectivity index (χ3v) is 6.61. The molecule has 0 N–H and O–H groups in total. The summed E-state index contributed by atoms with van der Waals surface area (Å²) in [6, 6.07) is 7.62. The molecule has 4 heteroatoms. The molecule has 26 heavy (non-hydrogen) atoms. The van der Waals surface area contributed by atoms with Crippen molar-refractivity contribution in [2.75, 3.05) is 6.61 Å². The Hall–Kier alpha value is -0.470. The maximum Gasteiger partial charge on any atom is 0.271 e. The lowest BCUT2D eigenvalue weighted by atomic mass is 10.1. The molecule has 0 fully saturated rings. The van der Waals surface area contributed by atoms with Crippen molar-refractivity contribution >= 4 is 13.2 Å². The van der Waals surface area contributed by atoms with E-state index < -0.39 is 7.94 Å². The SMILES string of the molecule is CCCCCCCCCCCCO[P+]([O-])(OC(C)C)c1ccc(C)cc1. The Bertz CT molecular complexity index is 461. The van der Waals surface area contributed by atoms with Gasteiger partial charge in [0.25, 0.3) is 7.94 Å². The molecule has 1 rings (SSSR count). The van der Waals surface area contributed by atoms with Crippen molar-refractivity contribution in [1.29, 1.82) is 0 Å². The van der Waals surface area contributed by atoms with Crippen LogP contribution < -0.4 is 10.2 Å². The van der Waals surface area contributed by atoms with Gasteiger partial charge >= 0.3 is 0 Å². The van der Waals surface area contributed by atoms with E-state index in [-0.39, 0.29) is 6.10 Å². The molecular weight excluding hydrogens is 343 g/mol. The number of benzene rings is 1. The Balaban J connectivity index is 2.25. The van der Waals surface area contributed by atoms with Crippen LogP contribution in [0.4, 0.5) is 0 Å². The zero-order chi connectivity index (χ0) is 19.3. The quantitative estimate of drug-likeness (QED) is 0.272. The standard InChI is InChI=1S/C22H39O3P/c1-5-6-7-8-9-10-11-12-13-14-19-24-26(23,25-20(2)3)22-17-15-21(4)16-18-22/h15-18,20H,5-14,19H2,1-4H3. The molecule has 3 nitrogen and oxygen atoms in total. The topological polar surface area (TPSA) is 41.5 Å². The average Bonchev–Trinajstić information content (AvgIpc) is 2.59. The lowest BCUT2D eigenvalue weighted by Gasteiger charge is -2.28. The summed E-state index contributed by atoms with van der Waals surface area (Å²) in [5, 5.41) is 0.656. The van der Waals surface area contributed by atoms with Crippen molar-refractivity contribution in [3.8, 4) is 0 Å². The molecule has 0 saturated carbocycles. The summed E-state index contributed by atoms with van der Waals surface area (Å²) in [7, 11) is -3.22. The van der Waals surface area contributed by atoms with Crippen LogP contribution in [0, 0.1) is 6.92 Å². The van der Waals surface area contributed by atoms with E-state index in [0.29, 0.717) is 11.9 Å². The molecule has 0 spiro atoms. The Kier molecular flexibility index (Phi) is 12.4. The third-order valence-electron chi connectivity index (χ3n) is 4.46. The minimum Gasteiger partial charge on any atom is -0.627 e. The van der Waals surface area contributed by atoms with Crippen molar-refractivity contribution in [2.45, 2.75) is 98.0 Å². The van der Waals surface area contributed by atoms with Gasteiger partial charge < -0.3 is 4.89 Å². The third kappa shape index (κ3) is 10.0. The van der Waals surface area contributed by atoms with Gasteiger partial charge in [-0.3, -0.25) is 0 Å². The first-order valence-corrected chi connectivity index (χ1v) is 12.0. The highest BCUT2D eigenvalue weighted by atomic mass is 31.2. The predicted molar refractivity (Wildman–Crippen MR) is 112 cm³/mol. The van der Waals surface area contributed by atoms with E-state index >= 15 is 0 Å². The summed E-state index contributed by atoms with van der Waals surface area (Å²) in [6.07, 6.45) is 12.6. The molecule has 0 heterocycles. The fourth-order valence-electron chi connectivity index (χ4n) is 2.94. The van der Waals surface area contributed by atoms with Crippen LogP contribution in [0.3, 0.4) is 0 Å². The summed E-state index contributed by atoms with van der Waals surface area (Å²) in [5.74, 6) is 0. The van der Waals surface area contributed by atoms with Gasteiger partial charge in [0.1, 0.15) is 5.30 Å². The molecule has 0 amide bonds. The highest BCUT2D eigenvalue weighted by molar-refractivity contribution is 7.67. The van der Waals surface area contributed by atoms with Gasteiger partial charge in [-0.05, 0) is 39.3 Å². The molecule has 1 aromatic carbocycles. The number of hydrogen-bond acceptors (Lipinski definition) is 3. The molecule has 0 aliphatic heterocycles. The van der Waals surface area contributed by atoms with Crippen molar-refractivity contribution in [3.05, 3.63) is 29.8 Å². The van der Waals surface area contributed by atoms with Gasteiger partial charge in [0.2, 0.25) is 0 Å². The molecule has 0 aromatic heterocycles. The van der Waals surface area contributed by atoms with Crippen LogP contribution in [0.25, 0.3) is 0 Å². The molecule has 1 atom stereocenters. The highest BCUT2D eigenvalue weighted by Crippen LogP contribution is 2.52. The Morgan fingerprint density at radius 1 is 0.846 bits per heavy atom. The van der Waals surface area contributed by atoms with E-state index in [1.807, 2.05) is 45.0 Å². The summed E-state index contributed by atoms with van der Waals surface area (Å²) in [4.78, 5) is 13.2. The van der Waals surface area contributed by atoms with Crippen LogP contribution in [0.1, 0.15) is 90.5 Å². The van der Waals surface area contributed by atoms with E-state index in [4.69, 9.17) is 9.05 Å². The van der Waals surface area contributed by atoms with Crippen molar-refractivity contribution < 1.29 is 13.9 Å². The van der Waals surface area contributed by atoms with E-state index in [2.05, 4.69) is 6.92 Å². The fourth-order valence-corrected chi connectivity index (χ4v) is 4.72. The molecule has 0 aliphatic carbocycles. The number of hydrogen-bond donors (Lipinski definition) is 0. The van der Waals surface area contributed by atoms with E-state index in [1.165, 1.54) is 51.4 Å². The summed E-state index contributed by atoms with van der Waals surface area (Å²) < 4.78 is 11.5. The second-order valence-corrected chi connectivity index (χ2v) is 9.48. The Morgan fingerprint density at radius 2 is 1.35 bits per heavy atom. The molecule has 0 aliphatic rings. The van der Waals surface area contributed by atoms with Gasteiger partial charge in [0.05, 0.1) is 12.7 Å². The summed E-state index contributed by atoms with van der Waals surface area (Å²) >= 11 is 0. The maximum atomic E-state index is 13.2. The molecule has 1 unspecified atom stereocenters. The van der Waals surface area contributed by atoms with Gasteiger partial charge in [-0.25, -0.2) is 9.05 Å². The molecule has 0 saturated heterocycles. The van der Waals surface area contributed by atoms with Gasteiger partial charge in [-0.1, -0.05) is 82.4 Å². The van der Waals surface area contributed by atoms with Gasteiger partial charge in [-0.2, -0.15) is 0 Å². The normalized spacial score (nSPS) is 13.9. The summed E-state index contributed by atoms with van der Waals surface area (Å²) in [5.41, 5.74) is 1.14. The zero-order valence-corrected chi connectivity index (χ0v) is 18.2. The molecule has 0 bridgehead atoms. The van der Waals surface area contributed by atoms with Gasteiger partial charge in [0.15, 0.2) is 0 Å². The van der Waals surface area contributed by atoms with Crippen LogP contribution in [0.2, 0.25) is 0 Å². The van der Waals surface area contributed by atoms with Crippen LogP contribution in [0.15, 0.2) is 24.3 Å². The highest BCUT2D eigenvalue weighted by Gasteiger charge is 2.34. The zero-order valence-electron chi connectivity index (χ0n) is 17.3. The molecule has 150 valence electrons. The lowest BCUT2D eigenvalue weighted by Crippen LogP contribution is -2.29. The first-order chi connectivity index (χ1) is 12.5. The van der Waals surface area contributed by atoms with Crippen LogP contribution in [-0.2, 0) is 9.05 Å². The van der Waals surface area contributed by atoms with Gasteiger partial charge in [0, 0.05) is 0 Å². The van der Waals surface area contributed by atoms with Crippen molar-refractivity contribution in [2.24, 2.45) is 0 Å². The minimum absolute atomic E-state index is 0.130. The fraction of sp³-hybridized carbons (Fsp3) is 0.727. The van der Waals surface area contributed by atoms with E-state index in [9.17, 15) is 4.89 Å². The van der Waals surface area contributed by atoms with Crippen LogP contribution >= 0.6 is 7.94 Å². The second kappa shape index (κ2) is 13.7. The molecule has 1 aromatic rings. The minimum atomic E-state index is -3.22. The monoisotopic (exact) mass is 382 g/mol. The largest absolute Gasteiger partial charge is 0.627 e. The van der Waals surface area contributed by atoms with Crippen LogP contribution in [0.5, 0.6) is 0 Å². The Labute approximate surface area is 162 Å². The molecular formula is C22H39O3P. The first kappa shape index (κ1) is 23.6. The predicted octanol–water partition coefficient (Wildman–Crippen LogP) is 6.11. The lowest BCUT2D eigenvalue weighted by molar-refractivity contribution is -0.216. The number of rotatable bonds is 15. The van der Waals surface area contributed by atoms with Crippen LogP contribution in [-0.4, -0.2) is 12.7 Å². The Morgan fingerprint density at radius 3 is 1.85 bits per heavy atom. The molecule has 0 radical (unpaired) electrons.